The number of fused-ring (bicyclic) bond motifs is 1. The normalized spacial score (nSPS) is 14.9. The second-order valence-corrected chi connectivity index (χ2v) is 7.95. The molecule has 0 bridgehead atoms. The third-order valence-corrected chi connectivity index (χ3v) is 6.51. The summed E-state index contributed by atoms with van der Waals surface area (Å²) in [5.41, 5.74) is 0.287. The SMILES string of the molecule is O=C1OI(C#Cc2ccc(C(F)(F)F)cc2)c2ccccc21. The predicted molar refractivity (Wildman–Crippen MR) is 82.9 cm³/mol. The molecular weight excluding hydrogens is 408 g/mol. The molecule has 0 saturated heterocycles. The van der Waals surface area contributed by atoms with Crippen LogP contribution in [0.15, 0.2) is 48.5 Å². The average Bonchev–Trinajstić information content (AvgIpc) is 2.82. The zero-order valence-electron chi connectivity index (χ0n) is 10.9. The number of hydrogen-bond donors (Lipinski definition) is 0. The van der Waals surface area contributed by atoms with E-state index in [-0.39, 0.29) is 5.97 Å². The number of rotatable bonds is 0. The molecule has 6 heteroatoms. The van der Waals surface area contributed by atoms with Crippen LogP contribution in [0.5, 0.6) is 0 Å². The maximum atomic E-state index is 12.5. The number of alkyl halides is 3. The summed E-state index contributed by atoms with van der Waals surface area (Å²) in [7, 11) is 0. The van der Waals surface area contributed by atoms with Crippen LogP contribution in [0.25, 0.3) is 0 Å². The summed E-state index contributed by atoms with van der Waals surface area (Å²) in [4.78, 5) is 11.7. The molecule has 0 saturated carbocycles. The first-order valence-electron chi connectivity index (χ1n) is 6.16. The first-order chi connectivity index (χ1) is 10.4. The Morgan fingerprint density at radius 3 is 2.36 bits per heavy atom. The van der Waals surface area contributed by atoms with Crippen molar-refractivity contribution in [3.63, 3.8) is 0 Å². The fourth-order valence-corrected chi connectivity index (χ4v) is 5.13. The van der Waals surface area contributed by atoms with Crippen molar-refractivity contribution in [3.05, 3.63) is 68.8 Å². The van der Waals surface area contributed by atoms with Gasteiger partial charge in [-0.25, -0.2) is 0 Å². The first-order valence-corrected chi connectivity index (χ1v) is 9.19. The molecule has 2 aromatic carbocycles. The van der Waals surface area contributed by atoms with Gasteiger partial charge in [-0.05, 0) is 0 Å². The molecule has 1 aliphatic heterocycles. The fourth-order valence-electron chi connectivity index (χ4n) is 1.84. The first kappa shape index (κ1) is 14.9. The van der Waals surface area contributed by atoms with Crippen LogP contribution < -0.4 is 0 Å². The molecule has 22 heavy (non-hydrogen) atoms. The predicted octanol–water partition coefficient (Wildman–Crippen LogP) is 4.48. The summed E-state index contributed by atoms with van der Waals surface area (Å²) < 4.78 is 46.5. The van der Waals surface area contributed by atoms with E-state index < -0.39 is 32.0 Å². The van der Waals surface area contributed by atoms with Crippen molar-refractivity contribution >= 4 is 26.2 Å². The molecule has 112 valence electrons. The standard InChI is InChI=1S/C16H8F3IO2/c17-16(18,19)12-7-5-11(6-8-12)9-10-20-14-4-2-1-3-13(14)15(21)22-20/h1-8H. The number of hydrogen-bond acceptors (Lipinski definition) is 2. The zero-order valence-corrected chi connectivity index (χ0v) is 13.1. The number of benzene rings is 2. The van der Waals surface area contributed by atoms with E-state index >= 15 is 0 Å². The Balaban J connectivity index is 1.84. The van der Waals surface area contributed by atoms with E-state index in [4.69, 9.17) is 3.07 Å². The molecule has 3 rings (SSSR count). The van der Waals surface area contributed by atoms with Gasteiger partial charge in [0.15, 0.2) is 0 Å². The van der Waals surface area contributed by atoms with Crippen molar-refractivity contribution in [2.45, 2.75) is 6.18 Å². The zero-order chi connectivity index (χ0) is 15.7. The molecule has 0 aliphatic carbocycles. The Morgan fingerprint density at radius 1 is 1.00 bits per heavy atom. The van der Waals surface area contributed by atoms with Gasteiger partial charge in [0.2, 0.25) is 0 Å². The minimum atomic E-state index is -4.36. The van der Waals surface area contributed by atoms with Gasteiger partial charge < -0.3 is 0 Å². The summed E-state index contributed by atoms with van der Waals surface area (Å²) in [6.07, 6.45) is -4.36. The molecule has 1 heterocycles. The number of carbonyl (C=O) groups is 1. The van der Waals surface area contributed by atoms with Crippen molar-refractivity contribution in [1.29, 1.82) is 0 Å². The summed E-state index contributed by atoms with van der Waals surface area (Å²) in [6, 6.07) is 11.7. The number of halogens is 4. The van der Waals surface area contributed by atoms with Crippen LogP contribution in [0.4, 0.5) is 13.2 Å². The van der Waals surface area contributed by atoms with Gasteiger partial charge in [-0.2, -0.15) is 0 Å². The maximum absolute atomic E-state index is 12.5. The molecule has 0 radical (unpaired) electrons. The van der Waals surface area contributed by atoms with Gasteiger partial charge >= 0.3 is 132 Å². The Morgan fingerprint density at radius 2 is 1.68 bits per heavy atom. The molecule has 0 unspecified atom stereocenters. The quantitative estimate of drug-likeness (QED) is 0.468. The van der Waals surface area contributed by atoms with E-state index in [1.165, 1.54) is 12.1 Å². The van der Waals surface area contributed by atoms with E-state index in [0.717, 1.165) is 15.7 Å². The monoisotopic (exact) mass is 416 g/mol. The van der Waals surface area contributed by atoms with Crippen molar-refractivity contribution in [2.24, 2.45) is 0 Å². The third kappa shape index (κ3) is 2.95. The second kappa shape index (κ2) is 5.65. The van der Waals surface area contributed by atoms with Crippen LogP contribution in [0, 0.1) is 13.4 Å². The van der Waals surface area contributed by atoms with Crippen molar-refractivity contribution < 1.29 is 21.0 Å². The van der Waals surface area contributed by atoms with E-state index in [1.807, 2.05) is 12.1 Å². The Kier molecular flexibility index (Phi) is 3.83. The molecule has 2 aromatic rings. The van der Waals surface area contributed by atoms with E-state index in [9.17, 15) is 18.0 Å². The van der Waals surface area contributed by atoms with Crippen LogP contribution in [-0.2, 0) is 9.24 Å². The summed E-state index contributed by atoms with van der Waals surface area (Å²) in [6.45, 7) is 0. The topological polar surface area (TPSA) is 26.3 Å². The Bertz CT molecular complexity index is 786. The molecule has 0 spiro atoms. The Labute approximate surface area is 132 Å². The van der Waals surface area contributed by atoms with Crippen molar-refractivity contribution in [3.8, 4) is 9.85 Å². The summed E-state index contributed by atoms with van der Waals surface area (Å²) in [5, 5.41) is 0. The van der Waals surface area contributed by atoms with Gasteiger partial charge in [0, 0.05) is 0 Å². The summed E-state index contributed by atoms with van der Waals surface area (Å²) >= 11 is -2.38. The summed E-state index contributed by atoms with van der Waals surface area (Å²) in [5.74, 6) is 2.43. The van der Waals surface area contributed by atoms with Crippen molar-refractivity contribution in [2.75, 3.05) is 0 Å². The van der Waals surface area contributed by atoms with E-state index in [2.05, 4.69) is 9.85 Å². The van der Waals surface area contributed by atoms with Crippen LogP contribution in [0.1, 0.15) is 21.5 Å². The molecule has 0 N–H and O–H groups in total. The molecule has 0 fully saturated rings. The van der Waals surface area contributed by atoms with E-state index in [0.29, 0.717) is 11.1 Å². The molecule has 0 amide bonds. The minimum absolute atomic E-state index is 0.373. The second-order valence-electron chi connectivity index (χ2n) is 4.39. The van der Waals surface area contributed by atoms with Gasteiger partial charge in [0.1, 0.15) is 0 Å². The average molecular weight is 416 g/mol. The van der Waals surface area contributed by atoms with Gasteiger partial charge in [0.05, 0.1) is 0 Å². The number of carbonyl (C=O) groups excluding carboxylic acids is 1. The molecule has 2 nitrogen and oxygen atoms in total. The molecular formula is C16H8F3IO2. The van der Waals surface area contributed by atoms with Crippen molar-refractivity contribution in [1.82, 2.24) is 0 Å². The van der Waals surface area contributed by atoms with Gasteiger partial charge in [-0.1, -0.05) is 0 Å². The van der Waals surface area contributed by atoms with E-state index in [1.54, 1.807) is 12.1 Å². The molecule has 0 atom stereocenters. The van der Waals surface area contributed by atoms with Gasteiger partial charge in [-0.3, -0.25) is 0 Å². The van der Waals surface area contributed by atoms with Crippen LogP contribution in [-0.4, -0.2) is 5.97 Å². The van der Waals surface area contributed by atoms with Gasteiger partial charge in [0.25, 0.3) is 0 Å². The van der Waals surface area contributed by atoms with Crippen LogP contribution in [0.2, 0.25) is 0 Å². The van der Waals surface area contributed by atoms with Gasteiger partial charge in [-0.15, -0.1) is 0 Å². The van der Waals surface area contributed by atoms with Crippen LogP contribution in [0.3, 0.4) is 0 Å². The van der Waals surface area contributed by atoms with Crippen LogP contribution >= 0.6 is 20.2 Å². The molecule has 1 aliphatic rings. The fraction of sp³-hybridized carbons (Fsp3) is 0.0625. The Hall–Kier alpha value is -2.01. The third-order valence-electron chi connectivity index (χ3n) is 2.92. The molecule has 0 aromatic heterocycles.